The quantitative estimate of drug-likeness (QED) is 0.688. The maximum Gasteiger partial charge on any atom is 0.329 e. The van der Waals surface area contributed by atoms with Crippen molar-refractivity contribution in [2.45, 2.75) is 25.6 Å². The van der Waals surface area contributed by atoms with Crippen LogP contribution in [0.4, 0.5) is 0 Å². The van der Waals surface area contributed by atoms with Gasteiger partial charge in [0.1, 0.15) is 6.61 Å². The summed E-state index contributed by atoms with van der Waals surface area (Å²) < 4.78 is 10.4. The standard InChI is InChI=1S/C10H19NO4/c1-8(14-3)4-11-6-10(2,7-11)15-5-9(12)13/h8H,4-7H2,1-3H3,(H,12,13). The van der Waals surface area contributed by atoms with Crippen LogP contribution in [0.3, 0.4) is 0 Å². The average molecular weight is 217 g/mol. The highest BCUT2D eigenvalue weighted by Gasteiger charge is 2.40. The van der Waals surface area contributed by atoms with Gasteiger partial charge in [-0.15, -0.1) is 0 Å². The highest BCUT2D eigenvalue weighted by Crippen LogP contribution is 2.24. The van der Waals surface area contributed by atoms with E-state index in [9.17, 15) is 4.79 Å². The second kappa shape index (κ2) is 4.92. The molecule has 1 saturated heterocycles. The van der Waals surface area contributed by atoms with Gasteiger partial charge in [0.05, 0.1) is 11.7 Å². The van der Waals surface area contributed by atoms with Gasteiger partial charge in [-0.05, 0) is 13.8 Å². The lowest BCUT2D eigenvalue weighted by Gasteiger charge is -2.48. The number of ether oxygens (including phenoxy) is 2. The van der Waals surface area contributed by atoms with Crippen LogP contribution >= 0.6 is 0 Å². The molecule has 0 aliphatic carbocycles. The van der Waals surface area contributed by atoms with Crippen molar-refractivity contribution < 1.29 is 19.4 Å². The Morgan fingerprint density at radius 1 is 1.60 bits per heavy atom. The Morgan fingerprint density at radius 2 is 2.20 bits per heavy atom. The molecule has 0 amide bonds. The second-order valence-electron chi connectivity index (χ2n) is 4.35. The zero-order valence-corrected chi connectivity index (χ0v) is 9.52. The molecule has 1 N–H and O–H groups in total. The van der Waals surface area contributed by atoms with E-state index in [2.05, 4.69) is 4.90 Å². The molecule has 1 rings (SSSR count). The van der Waals surface area contributed by atoms with Gasteiger partial charge in [0.15, 0.2) is 0 Å². The molecular formula is C10H19NO4. The molecule has 0 aromatic carbocycles. The van der Waals surface area contributed by atoms with Crippen molar-refractivity contribution in [1.82, 2.24) is 4.90 Å². The third kappa shape index (κ3) is 3.77. The molecule has 0 spiro atoms. The van der Waals surface area contributed by atoms with Gasteiger partial charge in [-0.2, -0.15) is 0 Å². The van der Waals surface area contributed by atoms with Gasteiger partial charge in [0, 0.05) is 26.7 Å². The summed E-state index contributed by atoms with van der Waals surface area (Å²) in [7, 11) is 1.69. The van der Waals surface area contributed by atoms with E-state index in [0.29, 0.717) is 0 Å². The van der Waals surface area contributed by atoms with Crippen LogP contribution in [0.2, 0.25) is 0 Å². The summed E-state index contributed by atoms with van der Waals surface area (Å²) >= 11 is 0. The first kappa shape index (κ1) is 12.4. The number of nitrogens with zero attached hydrogens (tertiary/aromatic N) is 1. The molecule has 5 nitrogen and oxygen atoms in total. The van der Waals surface area contributed by atoms with Crippen molar-refractivity contribution in [3.8, 4) is 0 Å². The molecule has 1 fully saturated rings. The zero-order chi connectivity index (χ0) is 11.5. The average Bonchev–Trinajstić information content (AvgIpc) is 2.12. The Morgan fingerprint density at radius 3 is 2.67 bits per heavy atom. The third-order valence-corrected chi connectivity index (χ3v) is 2.58. The van der Waals surface area contributed by atoms with Gasteiger partial charge < -0.3 is 14.6 Å². The summed E-state index contributed by atoms with van der Waals surface area (Å²) in [6.07, 6.45) is 0.203. The van der Waals surface area contributed by atoms with Crippen molar-refractivity contribution in [2.24, 2.45) is 0 Å². The van der Waals surface area contributed by atoms with Gasteiger partial charge in [0.25, 0.3) is 0 Å². The molecule has 88 valence electrons. The van der Waals surface area contributed by atoms with E-state index < -0.39 is 5.97 Å². The minimum Gasteiger partial charge on any atom is -0.480 e. The number of carboxylic acids is 1. The smallest absolute Gasteiger partial charge is 0.329 e. The highest BCUT2D eigenvalue weighted by molar-refractivity contribution is 5.68. The van der Waals surface area contributed by atoms with Gasteiger partial charge in [-0.25, -0.2) is 4.79 Å². The summed E-state index contributed by atoms with van der Waals surface area (Å²) in [5.74, 6) is -0.917. The molecule has 1 heterocycles. The SMILES string of the molecule is COC(C)CN1CC(C)(OCC(=O)O)C1. The second-order valence-corrected chi connectivity index (χ2v) is 4.35. The fourth-order valence-electron chi connectivity index (χ4n) is 1.79. The summed E-state index contributed by atoms with van der Waals surface area (Å²) in [6, 6.07) is 0. The Bertz CT molecular complexity index is 225. The summed E-state index contributed by atoms with van der Waals surface area (Å²) in [6.45, 7) is 6.13. The first-order valence-corrected chi connectivity index (χ1v) is 5.06. The first-order chi connectivity index (χ1) is 6.95. The number of rotatable bonds is 6. The van der Waals surface area contributed by atoms with Crippen LogP contribution in [0.25, 0.3) is 0 Å². The third-order valence-electron chi connectivity index (χ3n) is 2.58. The lowest BCUT2D eigenvalue weighted by Crippen LogP contribution is -2.62. The fraction of sp³-hybridized carbons (Fsp3) is 0.900. The minimum absolute atomic E-state index is 0.203. The summed E-state index contributed by atoms with van der Waals surface area (Å²) in [5, 5.41) is 8.49. The van der Waals surface area contributed by atoms with Crippen molar-refractivity contribution in [3.63, 3.8) is 0 Å². The highest BCUT2D eigenvalue weighted by atomic mass is 16.5. The van der Waals surface area contributed by atoms with Crippen LogP contribution in [0.15, 0.2) is 0 Å². The first-order valence-electron chi connectivity index (χ1n) is 5.06. The molecule has 1 aliphatic heterocycles. The lowest BCUT2D eigenvalue weighted by molar-refractivity contribution is -0.167. The van der Waals surface area contributed by atoms with Crippen LogP contribution in [-0.2, 0) is 14.3 Å². The zero-order valence-electron chi connectivity index (χ0n) is 9.52. The largest absolute Gasteiger partial charge is 0.480 e. The molecule has 15 heavy (non-hydrogen) atoms. The summed E-state index contributed by atoms with van der Waals surface area (Å²) in [5.41, 5.74) is -0.300. The van der Waals surface area contributed by atoms with Crippen LogP contribution in [-0.4, -0.2) is 61.0 Å². The van der Waals surface area contributed by atoms with Crippen molar-refractivity contribution in [1.29, 1.82) is 0 Å². The molecule has 0 bridgehead atoms. The molecule has 0 saturated carbocycles. The van der Waals surface area contributed by atoms with E-state index in [1.165, 1.54) is 0 Å². The molecule has 0 aromatic rings. The number of hydrogen-bond donors (Lipinski definition) is 1. The van der Waals surface area contributed by atoms with Gasteiger partial charge in [-0.1, -0.05) is 0 Å². The van der Waals surface area contributed by atoms with Crippen LogP contribution in [0.5, 0.6) is 0 Å². The van der Waals surface area contributed by atoms with E-state index in [4.69, 9.17) is 14.6 Å². The molecule has 1 unspecified atom stereocenters. The van der Waals surface area contributed by atoms with Crippen molar-refractivity contribution in [2.75, 3.05) is 33.4 Å². The van der Waals surface area contributed by atoms with E-state index >= 15 is 0 Å². The van der Waals surface area contributed by atoms with Crippen molar-refractivity contribution in [3.05, 3.63) is 0 Å². The topological polar surface area (TPSA) is 59.0 Å². The van der Waals surface area contributed by atoms with Gasteiger partial charge in [-0.3, -0.25) is 4.90 Å². The van der Waals surface area contributed by atoms with Gasteiger partial charge >= 0.3 is 5.97 Å². The predicted octanol–water partition coefficient (Wildman–Crippen LogP) is 0.197. The normalized spacial score (nSPS) is 22.1. The predicted molar refractivity (Wildman–Crippen MR) is 54.9 cm³/mol. The Labute approximate surface area is 90.0 Å². The molecule has 5 heteroatoms. The molecular weight excluding hydrogens is 198 g/mol. The Kier molecular flexibility index (Phi) is 4.07. The van der Waals surface area contributed by atoms with Gasteiger partial charge in [0.2, 0.25) is 0 Å². The van der Waals surface area contributed by atoms with Crippen LogP contribution in [0, 0.1) is 0 Å². The van der Waals surface area contributed by atoms with E-state index in [-0.39, 0.29) is 18.3 Å². The Balaban J connectivity index is 2.19. The molecule has 0 aromatic heterocycles. The van der Waals surface area contributed by atoms with E-state index in [1.54, 1.807) is 7.11 Å². The summed E-state index contributed by atoms with van der Waals surface area (Å²) in [4.78, 5) is 12.5. The number of methoxy groups -OCH3 is 1. The van der Waals surface area contributed by atoms with Crippen molar-refractivity contribution >= 4 is 5.97 Å². The molecule has 1 aliphatic rings. The van der Waals surface area contributed by atoms with E-state index in [0.717, 1.165) is 19.6 Å². The lowest BCUT2D eigenvalue weighted by atomic mass is 9.96. The number of aliphatic carboxylic acids is 1. The molecule has 0 radical (unpaired) electrons. The number of hydrogen-bond acceptors (Lipinski definition) is 4. The maximum absolute atomic E-state index is 10.3. The van der Waals surface area contributed by atoms with Crippen LogP contribution in [0.1, 0.15) is 13.8 Å². The number of carboxylic acid groups (broad SMARTS) is 1. The minimum atomic E-state index is -0.917. The maximum atomic E-state index is 10.3. The fourth-order valence-corrected chi connectivity index (χ4v) is 1.79. The number of likely N-dealkylation sites (tertiary alicyclic amines) is 1. The molecule has 1 atom stereocenters. The monoisotopic (exact) mass is 217 g/mol. The van der Waals surface area contributed by atoms with E-state index in [1.807, 2.05) is 13.8 Å². The number of carbonyl (C=O) groups is 1. The van der Waals surface area contributed by atoms with Crippen LogP contribution < -0.4 is 0 Å². The Hall–Kier alpha value is -0.650.